The minimum Gasteiger partial charge on any atom is -0.313 e. The summed E-state index contributed by atoms with van der Waals surface area (Å²) >= 11 is 0. The van der Waals surface area contributed by atoms with Gasteiger partial charge in [0.15, 0.2) is 0 Å². The van der Waals surface area contributed by atoms with Crippen LogP contribution in [0, 0.1) is 0 Å². The van der Waals surface area contributed by atoms with Gasteiger partial charge in [-0.2, -0.15) is 0 Å². The number of rotatable bonds is 7. The molecule has 2 heteroatoms. The summed E-state index contributed by atoms with van der Waals surface area (Å²) in [5.74, 6) is 0. The Kier molecular flexibility index (Phi) is 7.58. The molecule has 0 fully saturated rings. The van der Waals surface area contributed by atoms with Gasteiger partial charge < -0.3 is 5.32 Å². The highest BCUT2D eigenvalue weighted by Crippen LogP contribution is 2.18. The topological polar surface area (TPSA) is 12.0 Å². The molecule has 1 N–H and O–H groups in total. The Hall–Kier alpha value is -1.11. The largest absolute Gasteiger partial charge is 0.313 e. The normalized spacial score (nSPS) is 12.0. The molecule has 0 unspecified atom stereocenters. The standard InChI is InChI=1S/C16H26FN/c1-7-10-18-12-15(11-13(2)3)9-8-14(4)16(5,6)17/h9,11,18H,2,7,10,12H2,1,3-6H3/b15-11+. The first-order valence-corrected chi connectivity index (χ1v) is 6.47. The van der Waals surface area contributed by atoms with Gasteiger partial charge in [-0.05, 0) is 52.3 Å². The van der Waals surface area contributed by atoms with Crippen LogP contribution in [0.4, 0.5) is 4.39 Å². The van der Waals surface area contributed by atoms with E-state index >= 15 is 0 Å². The van der Waals surface area contributed by atoms with Crippen molar-refractivity contribution in [2.24, 2.45) is 0 Å². The van der Waals surface area contributed by atoms with Gasteiger partial charge in [-0.3, -0.25) is 0 Å². The van der Waals surface area contributed by atoms with Crippen LogP contribution in [0.3, 0.4) is 0 Å². The summed E-state index contributed by atoms with van der Waals surface area (Å²) in [5, 5.41) is 3.32. The van der Waals surface area contributed by atoms with E-state index in [4.69, 9.17) is 0 Å². The molecular weight excluding hydrogens is 225 g/mol. The zero-order valence-electron chi connectivity index (χ0n) is 12.4. The average molecular weight is 251 g/mol. The number of nitrogens with one attached hydrogen (secondary N) is 1. The monoisotopic (exact) mass is 251 g/mol. The summed E-state index contributed by atoms with van der Waals surface area (Å²) in [6.07, 6.45) is 4.93. The van der Waals surface area contributed by atoms with Crippen LogP contribution in [0.5, 0.6) is 0 Å². The van der Waals surface area contributed by atoms with Crippen LogP contribution < -0.4 is 5.32 Å². The van der Waals surface area contributed by atoms with Crippen molar-refractivity contribution in [2.45, 2.75) is 46.7 Å². The Morgan fingerprint density at radius 1 is 1.39 bits per heavy atom. The van der Waals surface area contributed by atoms with E-state index in [-0.39, 0.29) is 0 Å². The summed E-state index contributed by atoms with van der Waals surface area (Å²) in [5.41, 5.74) is 4.36. The molecule has 0 aromatic rings. The van der Waals surface area contributed by atoms with Gasteiger partial charge in [0.25, 0.3) is 0 Å². The molecule has 0 amide bonds. The highest BCUT2D eigenvalue weighted by atomic mass is 19.1. The molecule has 1 nitrogen and oxygen atoms in total. The molecule has 102 valence electrons. The summed E-state index contributed by atoms with van der Waals surface area (Å²) in [6.45, 7) is 14.5. The Morgan fingerprint density at radius 2 is 2.00 bits per heavy atom. The van der Waals surface area contributed by atoms with E-state index in [0.717, 1.165) is 30.7 Å². The van der Waals surface area contributed by atoms with Crippen molar-refractivity contribution in [3.05, 3.63) is 41.2 Å². The number of halogens is 1. The number of hydrogen-bond donors (Lipinski definition) is 1. The molecule has 0 aliphatic rings. The van der Waals surface area contributed by atoms with Gasteiger partial charge in [0.1, 0.15) is 5.67 Å². The Morgan fingerprint density at radius 3 is 2.44 bits per heavy atom. The minimum atomic E-state index is -1.32. The second-order valence-corrected chi connectivity index (χ2v) is 5.13. The van der Waals surface area contributed by atoms with Gasteiger partial charge in [0.05, 0.1) is 0 Å². The van der Waals surface area contributed by atoms with Gasteiger partial charge in [-0.15, -0.1) is 5.73 Å². The van der Waals surface area contributed by atoms with Crippen molar-refractivity contribution in [1.29, 1.82) is 0 Å². The third kappa shape index (κ3) is 8.05. The zero-order chi connectivity index (χ0) is 14.2. The molecule has 0 aromatic carbocycles. The minimum absolute atomic E-state index is 0.602. The first-order valence-electron chi connectivity index (χ1n) is 6.47. The third-order valence-corrected chi connectivity index (χ3v) is 2.55. The van der Waals surface area contributed by atoms with Crippen LogP contribution in [0.25, 0.3) is 0 Å². The maximum Gasteiger partial charge on any atom is 0.133 e. The molecule has 0 aromatic heterocycles. The van der Waals surface area contributed by atoms with Gasteiger partial charge in [-0.1, -0.05) is 25.2 Å². The predicted molar refractivity (Wildman–Crippen MR) is 78.5 cm³/mol. The summed E-state index contributed by atoms with van der Waals surface area (Å²) in [7, 11) is 0. The second kappa shape index (κ2) is 8.07. The molecule has 0 rings (SSSR count). The molecule has 0 heterocycles. The van der Waals surface area contributed by atoms with E-state index in [1.807, 2.05) is 19.1 Å². The van der Waals surface area contributed by atoms with Crippen LogP contribution in [-0.2, 0) is 0 Å². The van der Waals surface area contributed by atoms with Crippen LogP contribution in [0.15, 0.2) is 41.2 Å². The first-order chi connectivity index (χ1) is 8.27. The summed E-state index contributed by atoms with van der Waals surface area (Å²) in [4.78, 5) is 0. The molecule has 0 aliphatic carbocycles. The Balaban J connectivity index is 4.90. The maximum atomic E-state index is 13.6. The lowest BCUT2D eigenvalue weighted by Gasteiger charge is -2.12. The van der Waals surface area contributed by atoms with Gasteiger partial charge >= 0.3 is 0 Å². The van der Waals surface area contributed by atoms with Crippen molar-refractivity contribution in [1.82, 2.24) is 5.32 Å². The predicted octanol–water partition coefficient (Wildman–Crippen LogP) is 4.34. The number of hydrogen-bond acceptors (Lipinski definition) is 1. The first kappa shape index (κ1) is 16.9. The van der Waals surface area contributed by atoms with Crippen molar-refractivity contribution < 1.29 is 4.39 Å². The molecule has 0 aliphatic heterocycles. The Bertz CT molecular complexity index is 363. The lowest BCUT2D eigenvalue weighted by atomic mass is 10.0. The molecule has 0 saturated carbocycles. The molecule has 0 radical (unpaired) electrons. The lowest BCUT2D eigenvalue weighted by molar-refractivity contribution is 0.269. The van der Waals surface area contributed by atoms with Crippen molar-refractivity contribution in [3.63, 3.8) is 0 Å². The summed E-state index contributed by atoms with van der Waals surface area (Å²) in [6, 6.07) is 0. The maximum absolute atomic E-state index is 13.6. The summed E-state index contributed by atoms with van der Waals surface area (Å²) < 4.78 is 13.6. The fraction of sp³-hybridized carbons (Fsp3) is 0.562. The van der Waals surface area contributed by atoms with Gasteiger partial charge in [0, 0.05) is 12.1 Å². The third-order valence-electron chi connectivity index (χ3n) is 2.55. The van der Waals surface area contributed by atoms with E-state index < -0.39 is 5.67 Å². The molecule has 0 atom stereocenters. The van der Waals surface area contributed by atoms with E-state index in [1.54, 1.807) is 20.8 Å². The number of allylic oxidation sites excluding steroid dienone is 2. The van der Waals surface area contributed by atoms with Crippen molar-refractivity contribution >= 4 is 0 Å². The van der Waals surface area contributed by atoms with Crippen LogP contribution in [0.2, 0.25) is 0 Å². The second-order valence-electron chi connectivity index (χ2n) is 5.13. The van der Waals surface area contributed by atoms with Crippen molar-refractivity contribution in [2.75, 3.05) is 13.1 Å². The molecule has 0 bridgehead atoms. The fourth-order valence-electron chi connectivity index (χ4n) is 1.24. The Labute approximate surface area is 111 Å². The van der Waals surface area contributed by atoms with Crippen LogP contribution in [-0.4, -0.2) is 18.8 Å². The van der Waals surface area contributed by atoms with E-state index in [9.17, 15) is 4.39 Å². The van der Waals surface area contributed by atoms with Crippen LogP contribution >= 0.6 is 0 Å². The highest BCUT2D eigenvalue weighted by Gasteiger charge is 2.16. The average Bonchev–Trinajstić information content (AvgIpc) is 2.23. The SMILES string of the molecule is C=C(C)/C=C(\C=C=C(C)C(C)(C)F)CNCCC. The van der Waals surface area contributed by atoms with E-state index in [2.05, 4.69) is 24.6 Å². The lowest BCUT2D eigenvalue weighted by Crippen LogP contribution is -2.17. The van der Waals surface area contributed by atoms with Gasteiger partial charge in [0.2, 0.25) is 0 Å². The molecule has 0 saturated heterocycles. The molecular formula is C16H26FN. The van der Waals surface area contributed by atoms with E-state index in [0.29, 0.717) is 5.57 Å². The smallest absolute Gasteiger partial charge is 0.133 e. The zero-order valence-corrected chi connectivity index (χ0v) is 12.4. The van der Waals surface area contributed by atoms with Crippen molar-refractivity contribution in [3.8, 4) is 0 Å². The quantitative estimate of drug-likeness (QED) is 0.403. The fourth-order valence-corrected chi connectivity index (χ4v) is 1.24. The molecule has 0 spiro atoms. The van der Waals surface area contributed by atoms with E-state index in [1.165, 1.54) is 0 Å². The number of alkyl halides is 1. The van der Waals surface area contributed by atoms with Gasteiger partial charge in [-0.25, -0.2) is 4.39 Å². The molecule has 18 heavy (non-hydrogen) atoms. The highest BCUT2D eigenvalue weighted by molar-refractivity contribution is 5.29. The van der Waals surface area contributed by atoms with Crippen LogP contribution in [0.1, 0.15) is 41.0 Å².